The molecule has 0 radical (unpaired) electrons. The lowest BCUT2D eigenvalue weighted by molar-refractivity contribution is -0.127. The zero-order chi connectivity index (χ0) is 15.1. The fraction of sp³-hybridized carbons (Fsp3) is 0.846. The van der Waals surface area contributed by atoms with Crippen LogP contribution in [0.1, 0.15) is 40.5 Å². The zero-order valence-corrected chi connectivity index (χ0v) is 12.3. The second-order valence-corrected chi connectivity index (χ2v) is 5.51. The van der Waals surface area contributed by atoms with Gasteiger partial charge in [-0.05, 0) is 19.3 Å². The molecule has 2 atom stereocenters. The Hall–Kier alpha value is -1.14. The maximum absolute atomic E-state index is 11.5. The van der Waals surface area contributed by atoms with E-state index < -0.39 is 11.6 Å². The van der Waals surface area contributed by atoms with Crippen LogP contribution in [0.2, 0.25) is 0 Å². The number of hydrogen-bond donors (Lipinski definition) is 4. The lowest BCUT2D eigenvalue weighted by Crippen LogP contribution is -2.49. The minimum absolute atomic E-state index is 0.0216. The summed E-state index contributed by atoms with van der Waals surface area (Å²) in [6.45, 7) is 7.36. The monoisotopic (exact) mass is 273 g/mol. The van der Waals surface area contributed by atoms with Crippen molar-refractivity contribution in [3.8, 4) is 0 Å². The second-order valence-electron chi connectivity index (χ2n) is 5.51. The molecule has 0 saturated carbocycles. The third kappa shape index (κ3) is 7.79. The summed E-state index contributed by atoms with van der Waals surface area (Å²) in [7, 11) is 0. The summed E-state index contributed by atoms with van der Waals surface area (Å²) in [5, 5.41) is 14.9. The van der Waals surface area contributed by atoms with Crippen LogP contribution in [-0.4, -0.2) is 41.7 Å². The first-order valence-corrected chi connectivity index (χ1v) is 6.72. The summed E-state index contributed by atoms with van der Waals surface area (Å²) in [6.07, 6.45) is 1.45. The molecule has 0 aromatic heterocycles. The van der Waals surface area contributed by atoms with E-state index in [1.54, 1.807) is 6.92 Å². The van der Waals surface area contributed by atoms with Crippen LogP contribution in [-0.2, 0) is 9.59 Å². The summed E-state index contributed by atoms with van der Waals surface area (Å²) in [6, 6.07) is -0.615. The molecule has 112 valence electrons. The normalized spacial score (nSPS) is 15.7. The van der Waals surface area contributed by atoms with E-state index in [1.807, 2.05) is 20.8 Å². The highest BCUT2D eigenvalue weighted by atomic mass is 16.3. The van der Waals surface area contributed by atoms with E-state index in [0.29, 0.717) is 6.42 Å². The highest BCUT2D eigenvalue weighted by Crippen LogP contribution is 2.09. The molecule has 0 aromatic carbocycles. The van der Waals surface area contributed by atoms with Crippen molar-refractivity contribution in [3.63, 3.8) is 0 Å². The Kier molecular flexibility index (Phi) is 7.63. The predicted octanol–water partition coefficient (Wildman–Crippen LogP) is -0.247. The Balaban J connectivity index is 3.97. The number of rotatable bonds is 8. The van der Waals surface area contributed by atoms with Crippen molar-refractivity contribution in [3.05, 3.63) is 0 Å². The van der Waals surface area contributed by atoms with Gasteiger partial charge in [0, 0.05) is 6.54 Å². The van der Waals surface area contributed by atoms with Gasteiger partial charge in [-0.2, -0.15) is 0 Å². The quantitative estimate of drug-likeness (QED) is 0.489. The van der Waals surface area contributed by atoms with Gasteiger partial charge in [0.1, 0.15) is 0 Å². The molecule has 0 aliphatic rings. The molecule has 5 N–H and O–H groups in total. The number of hydrogen-bond acceptors (Lipinski definition) is 4. The molecule has 1 unspecified atom stereocenters. The van der Waals surface area contributed by atoms with Crippen LogP contribution in [0, 0.1) is 5.92 Å². The van der Waals surface area contributed by atoms with E-state index in [9.17, 15) is 14.7 Å². The van der Waals surface area contributed by atoms with Gasteiger partial charge in [0.15, 0.2) is 0 Å². The van der Waals surface area contributed by atoms with E-state index in [-0.39, 0.29) is 30.8 Å². The molecule has 0 aromatic rings. The third-order valence-electron chi connectivity index (χ3n) is 2.90. The first kappa shape index (κ1) is 17.9. The van der Waals surface area contributed by atoms with Gasteiger partial charge < -0.3 is 21.5 Å². The van der Waals surface area contributed by atoms with Crippen molar-refractivity contribution in [2.45, 2.75) is 52.2 Å². The molecule has 0 aliphatic heterocycles. The first-order chi connectivity index (χ1) is 8.69. The fourth-order valence-electron chi connectivity index (χ4n) is 1.57. The number of carbonyl (C=O) groups excluding carboxylic acids is 2. The molecule has 2 amide bonds. The lowest BCUT2D eigenvalue weighted by Gasteiger charge is -2.23. The molecule has 0 fully saturated rings. The van der Waals surface area contributed by atoms with Crippen LogP contribution in [0.15, 0.2) is 0 Å². The Morgan fingerprint density at radius 3 is 2.37 bits per heavy atom. The van der Waals surface area contributed by atoms with Crippen molar-refractivity contribution < 1.29 is 14.7 Å². The van der Waals surface area contributed by atoms with Crippen molar-refractivity contribution >= 4 is 11.8 Å². The molecule has 0 rings (SSSR count). The number of carbonyl (C=O) groups is 2. The van der Waals surface area contributed by atoms with Gasteiger partial charge >= 0.3 is 0 Å². The van der Waals surface area contributed by atoms with Crippen LogP contribution in [0.4, 0.5) is 0 Å². The third-order valence-corrected chi connectivity index (χ3v) is 2.90. The highest BCUT2D eigenvalue weighted by molar-refractivity contribution is 5.87. The Morgan fingerprint density at radius 2 is 1.89 bits per heavy atom. The van der Waals surface area contributed by atoms with E-state index in [0.717, 1.165) is 6.42 Å². The summed E-state index contributed by atoms with van der Waals surface area (Å²) in [5.74, 6) is -0.653. The number of nitrogens with one attached hydrogen (secondary N) is 2. The molecule has 19 heavy (non-hydrogen) atoms. The molecular formula is C13H27N3O3. The molecule has 0 spiro atoms. The maximum Gasteiger partial charge on any atom is 0.239 e. The van der Waals surface area contributed by atoms with Gasteiger partial charge in [-0.3, -0.25) is 9.59 Å². The predicted molar refractivity (Wildman–Crippen MR) is 74.4 cm³/mol. The minimum Gasteiger partial charge on any atom is -0.388 e. The highest BCUT2D eigenvalue weighted by Gasteiger charge is 2.21. The second kappa shape index (κ2) is 8.12. The van der Waals surface area contributed by atoms with Gasteiger partial charge in [0.25, 0.3) is 0 Å². The molecule has 0 aliphatic carbocycles. The van der Waals surface area contributed by atoms with Gasteiger partial charge in [-0.25, -0.2) is 0 Å². The van der Waals surface area contributed by atoms with Crippen molar-refractivity contribution in [2.75, 3.05) is 13.1 Å². The van der Waals surface area contributed by atoms with Crippen LogP contribution in [0.25, 0.3) is 0 Å². The van der Waals surface area contributed by atoms with E-state index in [2.05, 4.69) is 10.6 Å². The van der Waals surface area contributed by atoms with Crippen molar-refractivity contribution in [2.24, 2.45) is 11.7 Å². The summed E-state index contributed by atoms with van der Waals surface area (Å²) in [5.41, 5.74) is 4.73. The largest absolute Gasteiger partial charge is 0.388 e. The molecule has 0 saturated heterocycles. The molecular weight excluding hydrogens is 246 g/mol. The summed E-state index contributed by atoms with van der Waals surface area (Å²) >= 11 is 0. The topological polar surface area (TPSA) is 104 Å². The maximum atomic E-state index is 11.5. The van der Waals surface area contributed by atoms with Gasteiger partial charge in [0.2, 0.25) is 11.8 Å². The first-order valence-electron chi connectivity index (χ1n) is 6.72. The van der Waals surface area contributed by atoms with Crippen LogP contribution >= 0.6 is 0 Å². The standard InChI is InChI=1S/C13H27N3O3/c1-5-6-13(4,19)8-16-10(17)7-15-12(18)11(14)9(2)3/h9,11,19H,5-8,14H2,1-4H3,(H,15,18)(H,16,17)/t11-,13?/m0/s1. The minimum atomic E-state index is -0.914. The van der Waals surface area contributed by atoms with E-state index in [4.69, 9.17) is 5.73 Å². The van der Waals surface area contributed by atoms with Gasteiger partial charge in [-0.15, -0.1) is 0 Å². The van der Waals surface area contributed by atoms with E-state index in [1.165, 1.54) is 0 Å². The molecule has 6 heteroatoms. The van der Waals surface area contributed by atoms with Crippen molar-refractivity contribution in [1.29, 1.82) is 0 Å². The smallest absolute Gasteiger partial charge is 0.239 e. The summed E-state index contributed by atoms with van der Waals surface area (Å²) < 4.78 is 0. The average molecular weight is 273 g/mol. The number of aliphatic hydroxyl groups is 1. The molecule has 6 nitrogen and oxygen atoms in total. The van der Waals surface area contributed by atoms with Gasteiger partial charge in [-0.1, -0.05) is 27.2 Å². The number of amides is 2. The van der Waals surface area contributed by atoms with Gasteiger partial charge in [0.05, 0.1) is 18.2 Å². The average Bonchev–Trinajstić information content (AvgIpc) is 2.32. The molecule has 0 heterocycles. The Morgan fingerprint density at radius 1 is 1.32 bits per heavy atom. The zero-order valence-electron chi connectivity index (χ0n) is 12.3. The number of nitrogens with two attached hydrogens (primary N) is 1. The van der Waals surface area contributed by atoms with E-state index >= 15 is 0 Å². The Labute approximate surface area is 115 Å². The van der Waals surface area contributed by atoms with Crippen LogP contribution in [0.3, 0.4) is 0 Å². The summed E-state index contributed by atoms with van der Waals surface area (Å²) in [4.78, 5) is 23.0. The fourth-order valence-corrected chi connectivity index (χ4v) is 1.57. The van der Waals surface area contributed by atoms with Crippen molar-refractivity contribution in [1.82, 2.24) is 10.6 Å². The molecule has 0 bridgehead atoms. The van der Waals surface area contributed by atoms with Crippen LogP contribution in [0.5, 0.6) is 0 Å². The SMILES string of the molecule is CCCC(C)(O)CNC(=O)CNC(=O)[C@@H](N)C(C)C. The van der Waals surface area contributed by atoms with Crippen LogP contribution < -0.4 is 16.4 Å². The Bertz CT molecular complexity index is 304. The lowest BCUT2D eigenvalue weighted by atomic mass is 10.0.